The number of carbonyl (C=O) groups excluding carboxylic acids is 1. The first-order valence-corrected chi connectivity index (χ1v) is 10.0. The molecule has 1 aliphatic heterocycles. The summed E-state index contributed by atoms with van der Waals surface area (Å²) < 4.78 is 0. The quantitative estimate of drug-likeness (QED) is 0.721. The van der Waals surface area contributed by atoms with Gasteiger partial charge in [-0.25, -0.2) is 4.98 Å². The van der Waals surface area contributed by atoms with E-state index in [-0.39, 0.29) is 5.91 Å². The fourth-order valence-corrected chi connectivity index (χ4v) is 3.59. The number of para-hydroxylation sites is 1. The van der Waals surface area contributed by atoms with Gasteiger partial charge >= 0.3 is 0 Å². The summed E-state index contributed by atoms with van der Waals surface area (Å²) in [5, 5.41) is 2.96. The molecule has 0 saturated carbocycles. The Labute approximate surface area is 172 Å². The topological polar surface area (TPSA) is 48.5 Å². The van der Waals surface area contributed by atoms with E-state index in [0.29, 0.717) is 5.56 Å². The highest BCUT2D eigenvalue weighted by Gasteiger charge is 2.18. The van der Waals surface area contributed by atoms with Gasteiger partial charge in [-0.05, 0) is 36.2 Å². The molecule has 0 radical (unpaired) electrons. The summed E-state index contributed by atoms with van der Waals surface area (Å²) in [6.07, 6.45) is 1.67. The highest BCUT2D eigenvalue weighted by atomic mass is 16.1. The van der Waals surface area contributed by atoms with Crippen LogP contribution >= 0.6 is 0 Å². The largest absolute Gasteiger partial charge is 0.354 e. The molecule has 0 bridgehead atoms. The van der Waals surface area contributed by atoms with Gasteiger partial charge in [0.05, 0.1) is 5.56 Å². The first-order chi connectivity index (χ1) is 14.2. The monoisotopic (exact) mass is 386 g/mol. The highest BCUT2D eigenvalue weighted by Crippen LogP contribution is 2.18. The number of anilines is 2. The van der Waals surface area contributed by atoms with Crippen molar-refractivity contribution in [1.29, 1.82) is 0 Å². The summed E-state index contributed by atoms with van der Waals surface area (Å²) in [6, 6.07) is 22.1. The Morgan fingerprint density at radius 2 is 1.66 bits per heavy atom. The molecule has 1 aliphatic rings. The molecule has 29 heavy (non-hydrogen) atoms. The molecule has 2 heterocycles. The fourth-order valence-electron chi connectivity index (χ4n) is 3.59. The van der Waals surface area contributed by atoms with Crippen molar-refractivity contribution < 1.29 is 4.79 Å². The van der Waals surface area contributed by atoms with Gasteiger partial charge in [0.15, 0.2) is 0 Å². The second-order valence-corrected chi connectivity index (χ2v) is 7.42. The number of aryl methyl sites for hydroxylation is 1. The van der Waals surface area contributed by atoms with Gasteiger partial charge in [-0.2, -0.15) is 0 Å². The smallest absolute Gasteiger partial charge is 0.257 e. The lowest BCUT2D eigenvalue weighted by Crippen LogP contribution is -2.46. The number of aromatic nitrogens is 1. The maximum absolute atomic E-state index is 12.5. The third kappa shape index (κ3) is 4.81. The van der Waals surface area contributed by atoms with E-state index in [0.717, 1.165) is 49.8 Å². The number of hydrogen-bond acceptors (Lipinski definition) is 4. The van der Waals surface area contributed by atoms with Gasteiger partial charge < -0.3 is 10.2 Å². The number of benzene rings is 2. The van der Waals surface area contributed by atoms with Crippen LogP contribution in [0.5, 0.6) is 0 Å². The zero-order valence-corrected chi connectivity index (χ0v) is 16.7. The summed E-state index contributed by atoms with van der Waals surface area (Å²) in [5.74, 6) is 0.794. The Bertz CT molecular complexity index is 948. The van der Waals surface area contributed by atoms with Crippen LogP contribution in [0.3, 0.4) is 0 Å². The van der Waals surface area contributed by atoms with Crippen LogP contribution in [-0.2, 0) is 6.54 Å². The number of amides is 1. The zero-order chi connectivity index (χ0) is 20.1. The van der Waals surface area contributed by atoms with E-state index in [4.69, 9.17) is 0 Å². The van der Waals surface area contributed by atoms with Gasteiger partial charge in [0.25, 0.3) is 5.91 Å². The molecule has 2 aromatic carbocycles. The van der Waals surface area contributed by atoms with Gasteiger partial charge in [0, 0.05) is 44.6 Å². The minimum absolute atomic E-state index is 0.133. The van der Waals surface area contributed by atoms with Crippen LogP contribution in [-0.4, -0.2) is 42.0 Å². The first kappa shape index (κ1) is 19.2. The maximum Gasteiger partial charge on any atom is 0.257 e. The minimum Gasteiger partial charge on any atom is -0.354 e. The van der Waals surface area contributed by atoms with Crippen LogP contribution in [0, 0.1) is 6.92 Å². The Kier molecular flexibility index (Phi) is 5.86. The molecule has 3 aromatic rings. The molecule has 0 atom stereocenters. The van der Waals surface area contributed by atoms with E-state index in [1.165, 1.54) is 5.56 Å². The maximum atomic E-state index is 12.5. The third-order valence-electron chi connectivity index (χ3n) is 5.35. The summed E-state index contributed by atoms with van der Waals surface area (Å²) in [7, 11) is 0. The molecule has 5 heteroatoms. The predicted octanol–water partition coefficient (Wildman–Crippen LogP) is 3.96. The lowest BCUT2D eigenvalue weighted by molar-refractivity contribution is 0.102. The molecule has 1 fully saturated rings. The molecule has 1 aromatic heterocycles. The van der Waals surface area contributed by atoms with Crippen molar-refractivity contribution in [2.24, 2.45) is 0 Å². The van der Waals surface area contributed by atoms with Crippen LogP contribution in [0.4, 0.5) is 11.5 Å². The van der Waals surface area contributed by atoms with Gasteiger partial charge in [-0.3, -0.25) is 9.69 Å². The highest BCUT2D eigenvalue weighted by molar-refractivity contribution is 6.04. The van der Waals surface area contributed by atoms with Crippen LogP contribution in [0.2, 0.25) is 0 Å². The Hall–Kier alpha value is -3.18. The van der Waals surface area contributed by atoms with E-state index < -0.39 is 0 Å². The molecule has 0 spiro atoms. The van der Waals surface area contributed by atoms with Crippen LogP contribution in [0.15, 0.2) is 72.9 Å². The van der Waals surface area contributed by atoms with Crippen molar-refractivity contribution in [1.82, 2.24) is 9.88 Å². The summed E-state index contributed by atoms with van der Waals surface area (Å²) >= 11 is 0. The normalized spacial score (nSPS) is 14.6. The van der Waals surface area contributed by atoms with E-state index in [2.05, 4.69) is 50.4 Å². The van der Waals surface area contributed by atoms with Crippen LogP contribution < -0.4 is 10.2 Å². The van der Waals surface area contributed by atoms with Crippen molar-refractivity contribution in [3.05, 3.63) is 89.6 Å². The molecule has 1 N–H and O–H groups in total. The fraction of sp³-hybridized carbons (Fsp3) is 0.250. The standard InChI is InChI=1S/C24H26N4O/c1-19-7-5-6-10-22(19)26-24(29)21-11-12-23(25-17-21)28-15-13-27(14-16-28)18-20-8-3-2-4-9-20/h2-12,17H,13-16,18H2,1H3,(H,26,29). The number of hydrogen-bond donors (Lipinski definition) is 1. The van der Waals surface area contributed by atoms with Gasteiger partial charge in [0.1, 0.15) is 5.82 Å². The molecule has 4 rings (SSSR count). The van der Waals surface area contributed by atoms with Crippen LogP contribution in [0.1, 0.15) is 21.5 Å². The molecule has 1 saturated heterocycles. The average molecular weight is 386 g/mol. The van der Waals surface area contributed by atoms with Gasteiger partial charge in [-0.1, -0.05) is 48.5 Å². The minimum atomic E-state index is -0.133. The molecule has 1 amide bonds. The number of nitrogens with zero attached hydrogens (tertiary/aromatic N) is 3. The second kappa shape index (κ2) is 8.88. The van der Waals surface area contributed by atoms with E-state index in [1.807, 2.05) is 43.3 Å². The number of pyridine rings is 1. The number of carbonyl (C=O) groups is 1. The van der Waals surface area contributed by atoms with Crippen LogP contribution in [0.25, 0.3) is 0 Å². The molecule has 148 valence electrons. The van der Waals surface area contributed by atoms with Crippen molar-refractivity contribution in [3.8, 4) is 0 Å². The summed E-state index contributed by atoms with van der Waals surface area (Å²) in [5.41, 5.74) is 3.79. The SMILES string of the molecule is Cc1ccccc1NC(=O)c1ccc(N2CCN(Cc3ccccc3)CC2)nc1. The first-order valence-electron chi connectivity index (χ1n) is 10.0. The van der Waals surface area contributed by atoms with Crippen molar-refractivity contribution in [2.45, 2.75) is 13.5 Å². The van der Waals surface area contributed by atoms with Crippen molar-refractivity contribution >= 4 is 17.4 Å². The van der Waals surface area contributed by atoms with Gasteiger partial charge in [0.2, 0.25) is 0 Å². The number of nitrogens with one attached hydrogen (secondary N) is 1. The van der Waals surface area contributed by atoms with E-state index in [1.54, 1.807) is 6.20 Å². The summed E-state index contributed by atoms with van der Waals surface area (Å²) in [4.78, 5) is 21.8. The molecular formula is C24H26N4O. The average Bonchev–Trinajstić information content (AvgIpc) is 2.77. The Morgan fingerprint density at radius 3 is 2.34 bits per heavy atom. The van der Waals surface area contributed by atoms with E-state index in [9.17, 15) is 4.79 Å². The van der Waals surface area contributed by atoms with E-state index >= 15 is 0 Å². The Balaban J connectivity index is 1.33. The Morgan fingerprint density at radius 1 is 0.931 bits per heavy atom. The van der Waals surface area contributed by atoms with Crippen molar-refractivity contribution in [2.75, 3.05) is 36.4 Å². The van der Waals surface area contributed by atoms with Crippen molar-refractivity contribution in [3.63, 3.8) is 0 Å². The molecule has 0 unspecified atom stereocenters. The third-order valence-corrected chi connectivity index (χ3v) is 5.35. The predicted molar refractivity (Wildman–Crippen MR) is 117 cm³/mol. The lowest BCUT2D eigenvalue weighted by atomic mass is 10.2. The second-order valence-electron chi connectivity index (χ2n) is 7.42. The molecular weight excluding hydrogens is 360 g/mol. The zero-order valence-electron chi connectivity index (χ0n) is 16.7. The molecule has 0 aliphatic carbocycles. The number of piperazine rings is 1. The summed E-state index contributed by atoms with van der Waals surface area (Å²) in [6.45, 7) is 6.86. The lowest BCUT2D eigenvalue weighted by Gasteiger charge is -2.35. The van der Waals surface area contributed by atoms with Gasteiger partial charge in [-0.15, -0.1) is 0 Å². The number of rotatable bonds is 5. The molecule has 5 nitrogen and oxygen atoms in total.